The summed E-state index contributed by atoms with van der Waals surface area (Å²) in [5, 5.41) is 0. The summed E-state index contributed by atoms with van der Waals surface area (Å²) in [6.45, 7) is 26.7. The quantitative estimate of drug-likeness (QED) is 0.434. The summed E-state index contributed by atoms with van der Waals surface area (Å²) in [5.41, 5.74) is 0. The summed E-state index contributed by atoms with van der Waals surface area (Å²) in [5.74, 6) is 0. The minimum absolute atomic E-state index is 1.25. The Morgan fingerprint density at radius 2 is 0.688 bits per heavy atom. The van der Waals surface area contributed by atoms with E-state index >= 15 is 0 Å². The second-order valence-electron chi connectivity index (χ2n) is 2.06. The predicted octanol–water partition coefficient (Wildman–Crippen LogP) is 7.49. The maximum Gasteiger partial charge on any atom is -0.0538 e. The minimum Gasteiger partial charge on any atom is -0.106 e. The molecule has 0 aliphatic rings. The van der Waals surface area contributed by atoms with Crippen molar-refractivity contribution < 1.29 is 0 Å². The molecule has 0 rings (SSSR count). The third-order valence-corrected chi connectivity index (χ3v) is 0.707. The summed E-state index contributed by atoms with van der Waals surface area (Å²) in [4.78, 5) is 0. The monoisotopic (exact) mass is 234 g/mol. The van der Waals surface area contributed by atoms with E-state index in [4.69, 9.17) is 0 Å². The Morgan fingerprint density at radius 1 is 0.562 bits per heavy atom. The molecule has 0 amide bonds. The van der Waals surface area contributed by atoms with Gasteiger partial charge in [0.1, 0.15) is 0 Å². The molecule has 0 heterocycles. The molecule has 0 radical (unpaired) electrons. The molecule has 0 atom stereocenters. The Bertz CT molecular complexity index is 21.2. The normalized spacial score (nSPS) is 5.12. The summed E-state index contributed by atoms with van der Waals surface area (Å²) < 4.78 is 0. The van der Waals surface area contributed by atoms with Crippen LogP contribution in [0.25, 0.3) is 0 Å². The number of rotatable bonds is 2. The van der Waals surface area contributed by atoms with Crippen LogP contribution in [0.2, 0.25) is 0 Å². The molecule has 0 bridgehead atoms. The zero-order valence-corrected chi connectivity index (χ0v) is 14.2. The van der Waals surface area contributed by atoms with Crippen molar-refractivity contribution in [2.24, 2.45) is 0 Å². The molecule has 0 nitrogen and oxygen atoms in total. The van der Waals surface area contributed by atoms with Gasteiger partial charge in [0.05, 0.1) is 0 Å². The summed E-state index contributed by atoms with van der Waals surface area (Å²) in [6.07, 6.45) is 5.33. The SMILES string of the molecule is C=C.CC.CC.CC.CCC.CCCCC. The Labute approximate surface area is 109 Å². The van der Waals surface area contributed by atoms with Crippen molar-refractivity contribution in [2.45, 2.75) is 94.9 Å². The van der Waals surface area contributed by atoms with Crippen molar-refractivity contribution in [2.75, 3.05) is 0 Å². The first kappa shape index (κ1) is 36.0. The van der Waals surface area contributed by atoms with Crippen LogP contribution in [0.5, 0.6) is 0 Å². The first-order valence-electron chi connectivity index (χ1n) is 7.33. The van der Waals surface area contributed by atoms with Crippen molar-refractivity contribution in [3.05, 3.63) is 13.2 Å². The van der Waals surface area contributed by atoms with Gasteiger partial charge in [-0.1, -0.05) is 94.9 Å². The number of unbranched alkanes of at least 4 members (excludes halogenated alkanes) is 2. The highest BCUT2D eigenvalue weighted by Gasteiger charge is 1.68. The fourth-order valence-electron chi connectivity index (χ4n) is 0.354. The average molecular weight is 235 g/mol. The molecule has 0 aliphatic heterocycles. The second-order valence-corrected chi connectivity index (χ2v) is 2.06. The van der Waals surface area contributed by atoms with Crippen LogP contribution in [0, 0.1) is 0 Å². The maximum atomic E-state index is 3.00. The van der Waals surface area contributed by atoms with Gasteiger partial charge in [0.2, 0.25) is 0 Å². The summed E-state index contributed by atoms with van der Waals surface area (Å²) in [6, 6.07) is 0. The van der Waals surface area contributed by atoms with Crippen LogP contribution in [0.1, 0.15) is 94.9 Å². The van der Waals surface area contributed by atoms with Gasteiger partial charge in [-0.05, 0) is 0 Å². The molecule has 0 aromatic carbocycles. The molecule has 0 spiro atoms. The van der Waals surface area contributed by atoms with E-state index in [1.165, 1.54) is 25.7 Å². The third-order valence-electron chi connectivity index (χ3n) is 0.707. The second kappa shape index (κ2) is 199. The van der Waals surface area contributed by atoms with Gasteiger partial charge >= 0.3 is 0 Å². The van der Waals surface area contributed by atoms with Crippen molar-refractivity contribution >= 4 is 0 Å². The molecular formula is C16H42. The van der Waals surface area contributed by atoms with E-state index in [1.54, 1.807) is 0 Å². The Morgan fingerprint density at radius 3 is 0.688 bits per heavy atom. The molecule has 106 valence electrons. The fourth-order valence-corrected chi connectivity index (χ4v) is 0.354. The average Bonchev–Trinajstić information content (AvgIpc) is 2.41. The topological polar surface area (TPSA) is 0 Å². The van der Waals surface area contributed by atoms with Gasteiger partial charge in [0.25, 0.3) is 0 Å². The van der Waals surface area contributed by atoms with Crippen LogP contribution in [0.3, 0.4) is 0 Å². The van der Waals surface area contributed by atoms with Crippen LogP contribution in [0.15, 0.2) is 13.2 Å². The zero-order chi connectivity index (χ0) is 14.8. The van der Waals surface area contributed by atoms with Gasteiger partial charge in [0.15, 0.2) is 0 Å². The Balaban J connectivity index is -0.0000000201. The van der Waals surface area contributed by atoms with Crippen LogP contribution in [-0.2, 0) is 0 Å². The lowest BCUT2D eigenvalue weighted by atomic mass is 10.3. The van der Waals surface area contributed by atoms with E-state index in [-0.39, 0.29) is 0 Å². The number of hydrogen-bond acceptors (Lipinski definition) is 0. The van der Waals surface area contributed by atoms with Crippen LogP contribution in [-0.4, -0.2) is 0 Å². The lowest BCUT2D eigenvalue weighted by Crippen LogP contribution is -1.59. The van der Waals surface area contributed by atoms with Crippen molar-refractivity contribution in [1.82, 2.24) is 0 Å². The molecule has 0 unspecified atom stereocenters. The van der Waals surface area contributed by atoms with Gasteiger partial charge in [-0.15, -0.1) is 13.2 Å². The third kappa shape index (κ3) is 737. The van der Waals surface area contributed by atoms with E-state index in [0.29, 0.717) is 0 Å². The molecule has 0 aromatic rings. The molecular weight excluding hydrogens is 192 g/mol. The Hall–Kier alpha value is -0.260. The molecule has 0 heteroatoms. The lowest BCUT2D eigenvalue weighted by molar-refractivity contribution is 0.772. The highest BCUT2D eigenvalue weighted by molar-refractivity contribution is 4.24. The molecule has 0 aromatic heterocycles. The van der Waals surface area contributed by atoms with Crippen LogP contribution >= 0.6 is 0 Å². The first-order chi connectivity index (χ1) is 7.83. The number of hydrogen-bond donors (Lipinski definition) is 0. The van der Waals surface area contributed by atoms with E-state index < -0.39 is 0 Å². The Kier molecular flexibility index (Phi) is 448. The van der Waals surface area contributed by atoms with Gasteiger partial charge in [0, 0.05) is 0 Å². The van der Waals surface area contributed by atoms with Crippen molar-refractivity contribution in [3.63, 3.8) is 0 Å². The van der Waals surface area contributed by atoms with E-state index in [9.17, 15) is 0 Å². The molecule has 0 saturated heterocycles. The van der Waals surface area contributed by atoms with Gasteiger partial charge in [-0.2, -0.15) is 0 Å². The highest BCUT2D eigenvalue weighted by Crippen LogP contribution is 1.88. The van der Waals surface area contributed by atoms with Crippen molar-refractivity contribution in [1.29, 1.82) is 0 Å². The van der Waals surface area contributed by atoms with Crippen molar-refractivity contribution in [3.8, 4) is 0 Å². The first-order valence-corrected chi connectivity index (χ1v) is 7.33. The van der Waals surface area contributed by atoms with Gasteiger partial charge in [-0.3, -0.25) is 0 Å². The fraction of sp³-hybridized carbons (Fsp3) is 0.875. The smallest absolute Gasteiger partial charge is 0.0538 e. The summed E-state index contributed by atoms with van der Waals surface area (Å²) >= 11 is 0. The lowest BCUT2D eigenvalue weighted by Gasteiger charge is -1.79. The van der Waals surface area contributed by atoms with E-state index in [1.807, 2.05) is 41.5 Å². The molecule has 0 aliphatic carbocycles. The van der Waals surface area contributed by atoms with E-state index in [0.717, 1.165) is 0 Å². The minimum atomic E-state index is 1.25. The largest absolute Gasteiger partial charge is 0.106 e. The highest BCUT2D eigenvalue weighted by atomic mass is 13.7. The van der Waals surface area contributed by atoms with Crippen LogP contribution < -0.4 is 0 Å². The van der Waals surface area contributed by atoms with E-state index in [2.05, 4.69) is 40.9 Å². The van der Waals surface area contributed by atoms with Gasteiger partial charge in [-0.25, -0.2) is 0 Å². The molecule has 16 heavy (non-hydrogen) atoms. The standard InChI is InChI=1S/C5H12.C3H8.3C2H6.C2H4/c1-3-5-4-2;1-3-2;4*1-2/h3-5H2,1-2H3;3H2,1-2H3;3*1-2H3;1-2H2. The zero-order valence-electron chi connectivity index (χ0n) is 14.2. The summed E-state index contributed by atoms with van der Waals surface area (Å²) in [7, 11) is 0. The molecule has 0 fully saturated rings. The molecule has 0 saturated carbocycles. The van der Waals surface area contributed by atoms with Crippen LogP contribution in [0.4, 0.5) is 0 Å². The van der Waals surface area contributed by atoms with Gasteiger partial charge < -0.3 is 0 Å². The maximum absolute atomic E-state index is 3.00. The molecule has 0 N–H and O–H groups in total. The predicted molar refractivity (Wildman–Crippen MR) is 86.5 cm³/mol.